The molecule has 0 atom stereocenters. The molecule has 21 heavy (non-hydrogen) atoms. The third-order valence-corrected chi connectivity index (χ3v) is 4.59. The zero-order valence-corrected chi connectivity index (χ0v) is 12.9. The third kappa shape index (κ3) is 4.60. The molecule has 0 spiro atoms. The highest BCUT2D eigenvalue weighted by molar-refractivity contribution is 7.10. The van der Waals surface area contributed by atoms with Gasteiger partial charge in [-0.1, -0.05) is 6.92 Å². The lowest BCUT2D eigenvalue weighted by molar-refractivity contribution is -0.131. The fourth-order valence-corrected chi connectivity index (χ4v) is 3.09. The van der Waals surface area contributed by atoms with Crippen LogP contribution >= 0.6 is 11.3 Å². The van der Waals surface area contributed by atoms with Crippen molar-refractivity contribution in [3.8, 4) is 0 Å². The number of carbonyl (C=O) groups excluding carboxylic acids is 1. The smallest absolute Gasteiger partial charge is 0.328 e. The molecule has 1 saturated heterocycles. The molecule has 0 unspecified atom stereocenters. The standard InChI is InChI=1S/C15H20N2O3S/c1-11-4-7-17(8-5-11)15(20)16-10-13-12(6-9-21-13)2-3-14(18)19/h2-3,6,9,11H,4-5,7-8,10H2,1H3,(H,16,20)(H,18,19)/b3-2+. The van der Waals surface area contributed by atoms with Crippen molar-refractivity contribution in [2.45, 2.75) is 26.3 Å². The van der Waals surface area contributed by atoms with Gasteiger partial charge in [0.25, 0.3) is 0 Å². The first kappa shape index (κ1) is 15.6. The van der Waals surface area contributed by atoms with Crippen LogP contribution in [0, 0.1) is 5.92 Å². The summed E-state index contributed by atoms with van der Waals surface area (Å²) in [6, 6.07) is 1.82. The van der Waals surface area contributed by atoms with E-state index in [-0.39, 0.29) is 6.03 Å². The van der Waals surface area contributed by atoms with Crippen molar-refractivity contribution in [1.29, 1.82) is 0 Å². The number of piperidine rings is 1. The normalized spacial score (nSPS) is 16.3. The fraction of sp³-hybridized carbons (Fsp3) is 0.467. The number of amides is 2. The van der Waals surface area contributed by atoms with Crippen LogP contribution in [0.2, 0.25) is 0 Å². The predicted octanol–water partition coefficient (Wildman–Crippen LogP) is 2.79. The van der Waals surface area contributed by atoms with Crippen LogP contribution in [0.25, 0.3) is 6.08 Å². The predicted molar refractivity (Wildman–Crippen MR) is 83.2 cm³/mol. The highest BCUT2D eigenvalue weighted by atomic mass is 32.1. The highest BCUT2D eigenvalue weighted by Crippen LogP contribution is 2.19. The van der Waals surface area contributed by atoms with Crippen molar-refractivity contribution in [3.63, 3.8) is 0 Å². The van der Waals surface area contributed by atoms with Crippen molar-refractivity contribution in [2.24, 2.45) is 5.92 Å². The second kappa shape index (κ2) is 7.26. The number of hydrogen-bond acceptors (Lipinski definition) is 3. The summed E-state index contributed by atoms with van der Waals surface area (Å²) in [5.41, 5.74) is 0.843. The molecule has 2 N–H and O–H groups in total. The van der Waals surface area contributed by atoms with Crippen LogP contribution in [0.5, 0.6) is 0 Å². The first-order chi connectivity index (χ1) is 10.1. The monoisotopic (exact) mass is 308 g/mol. The molecule has 1 aliphatic rings. The van der Waals surface area contributed by atoms with Crippen LogP contribution in [-0.2, 0) is 11.3 Å². The Hall–Kier alpha value is -1.82. The van der Waals surface area contributed by atoms with Gasteiger partial charge >= 0.3 is 12.0 Å². The minimum atomic E-state index is -0.973. The summed E-state index contributed by atoms with van der Waals surface area (Å²) < 4.78 is 0. The van der Waals surface area contributed by atoms with E-state index in [2.05, 4.69) is 12.2 Å². The molecule has 0 aliphatic carbocycles. The molecule has 1 aromatic rings. The Morgan fingerprint density at radius 3 is 2.86 bits per heavy atom. The number of thiophene rings is 1. The van der Waals surface area contributed by atoms with Crippen LogP contribution in [-0.4, -0.2) is 35.1 Å². The first-order valence-electron chi connectivity index (χ1n) is 7.06. The van der Waals surface area contributed by atoms with Crippen molar-refractivity contribution in [3.05, 3.63) is 28.0 Å². The average molecular weight is 308 g/mol. The van der Waals surface area contributed by atoms with Crippen molar-refractivity contribution < 1.29 is 14.7 Å². The van der Waals surface area contributed by atoms with E-state index in [1.807, 2.05) is 16.3 Å². The van der Waals surface area contributed by atoms with Gasteiger partial charge in [-0.3, -0.25) is 0 Å². The Labute approximate surface area is 128 Å². The lowest BCUT2D eigenvalue weighted by atomic mass is 10.00. The summed E-state index contributed by atoms with van der Waals surface area (Å²) in [5.74, 6) is -0.280. The van der Waals surface area contributed by atoms with Gasteiger partial charge < -0.3 is 15.3 Å². The fourth-order valence-electron chi connectivity index (χ4n) is 2.28. The van der Waals surface area contributed by atoms with Gasteiger partial charge in [0, 0.05) is 24.0 Å². The number of carboxylic acids is 1. The molecule has 2 heterocycles. The number of aliphatic carboxylic acids is 1. The van der Waals surface area contributed by atoms with E-state index in [9.17, 15) is 9.59 Å². The van der Waals surface area contributed by atoms with E-state index in [4.69, 9.17) is 5.11 Å². The minimum Gasteiger partial charge on any atom is -0.478 e. The molecule has 0 saturated carbocycles. The van der Waals surface area contributed by atoms with Gasteiger partial charge in [0.15, 0.2) is 0 Å². The Morgan fingerprint density at radius 2 is 2.19 bits per heavy atom. The number of carboxylic acid groups (broad SMARTS) is 1. The maximum Gasteiger partial charge on any atom is 0.328 e. The molecule has 1 aliphatic heterocycles. The molecule has 2 rings (SSSR count). The number of likely N-dealkylation sites (tertiary alicyclic amines) is 1. The lowest BCUT2D eigenvalue weighted by Crippen LogP contribution is -2.43. The van der Waals surface area contributed by atoms with Gasteiger partial charge in [0.1, 0.15) is 0 Å². The molecule has 0 aromatic carbocycles. The second-order valence-corrected chi connectivity index (χ2v) is 6.30. The molecule has 5 nitrogen and oxygen atoms in total. The van der Waals surface area contributed by atoms with E-state index in [1.54, 1.807) is 6.08 Å². The SMILES string of the molecule is CC1CCN(C(=O)NCc2sccc2/C=C/C(=O)O)CC1. The van der Waals surface area contributed by atoms with Crippen molar-refractivity contribution >= 4 is 29.4 Å². The molecule has 2 amide bonds. The summed E-state index contributed by atoms with van der Waals surface area (Å²) >= 11 is 1.51. The van der Waals surface area contributed by atoms with Crippen LogP contribution < -0.4 is 5.32 Å². The van der Waals surface area contributed by atoms with Crippen molar-refractivity contribution in [2.75, 3.05) is 13.1 Å². The zero-order chi connectivity index (χ0) is 15.2. The summed E-state index contributed by atoms with van der Waals surface area (Å²) in [6.07, 6.45) is 4.78. The molecule has 6 heteroatoms. The number of nitrogens with one attached hydrogen (secondary N) is 1. The molecule has 0 radical (unpaired) electrons. The van der Waals surface area contributed by atoms with Gasteiger partial charge in [0.05, 0.1) is 6.54 Å². The van der Waals surface area contributed by atoms with E-state index >= 15 is 0 Å². The zero-order valence-electron chi connectivity index (χ0n) is 12.0. The lowest BCUT2D eigenvalue weighted by Gasteiger charge is -2.30. The van der Waals surface area contributed by atoms with E-state index in [0.717, 1.165) is 42.4 Å². The summed E-state index contributed by atoms with van der Waals surface area (Å²) in [6.45, 7) is 4.26. The molecule has 114 valence electrons. The van der Waals surface area contributed by atoms with E-state index in [1.165, 1.54) is 11.3 Å². The van der Waals surface area contributed by atoms with Crippen LogP contribution in [0.3, 0.4) is 0 Å². The first-order valence-corrected chi connectivity index (χ1v) is 7.94. The highest BCUT2D eigenvalue weighted by Gasteiger charge is 2.20. The maximum absolute atomic E-state index is 12.1. The Balaban J connectivity index is 1.87. The Bertz CT molecular complexity index is 531. The molecule has 0 bridgehead atoms. The Morgan fingerprint density at radius 1 is 1.48 bits per heavy atom. The van der Waals surface area contributed by atoms with Gasteiger partial charge in [-0.05, 0) is 41.8 Å². The van der Waals surface area contributed by atoms with Gasteiger partial charge in [-0.25, -0.2) is 9.59 Å². The minimum absolute atomic E-state index is 0.0385. The van der Waals surface area contributed by atoms with Crippen molar-refractivity contribution in [1.82, 2.24) is 10.2 Å². The quantitative estimate of drug-likeness (QED) is 0.840. The van der Waals surface area contributed by atoms with Gasteiger partial charge in [0.2, 0.25) is 0 Å². The summed E-state index contributed by atoms with van der Waals surface area (Å²) in [4.78, 5) is 25.4. The van der Waals surface area contributed by atoms with Gasteiger partial charge in [-0.2, -0.15) is 0 Å². The van der Waals surface area contributed by atoms with Crippen LogP contribution in [0.4, 0.5) is 4.79 Å². The topological polar surface area (TPSA) is 69.6 Å². The summed E-state index contributed by atoms with van der Waals surface area (Å²) in [7, 11) is 0. The molecule has 1 aromatic heterocycles. The number of hydrogen-bond donors (Lipinski definition) is 2. The van der Waals surface area contributed by atoms with Crippen LogP contribution in [0.1, 0.15) is 30.2 Å². The second-order valence-electron chi connectivity index (χ2n) is 5.30. The number of urea groups is 1. The van der Waals surface area contributed by atoms with Gasteiger partial charge in [-0.15, -0.1) is 11.3 Å². The maximum atomic E-state index is 12.1. The average Bonchev–Trinajstić information content (AvgIpc) is 2.90. The molecule has 1 fully saturated rings. The van der Waals surface area contributed by atoms with E-state index in [0.29, 0.717) is 12.5 Å². The molecular formula is C15H20N2O3S. The van der Waals surface area contributed by atoms with E-state index < -0.39 is 5.97 Å². The van der Waals surface area contributed by atoms with Crippen LogP contribution in [0.15, 0.2) is 17.5 Å². The number of carbonyl (C=O) groups is 2. The third-order valence-electron chi connectivity index (χ3n) is 3.66. The number of nitrogens with zero attached hydrogens (tertiary/aromatic N) is 1. The summed E-state index contributed by atoms with van der Waals surface area (Å²) in [5, 5.41) is 13.5. The largest absolute Gasteiger partial charge is 0.478 e. The Kier molecular flexibility index (Phi) is 5.38. The number of rotatable bonds is 4. The molecular weight excluding hydrogens is 288 g/mol.